The normalized spacial score (nSPS) is 20.5. The van der Waals surface area contributed by atoms with Gasteiger partial charge in [-0.25, -0.2) is 8.42 Å². The first-order valence-corrected chi connectivity index (χ1v) is 8.07. The molecule has 1 aliphatic heterocycles. The Hall–Kier alpha value is -1.55. The first-order valence-electron chi connectivity index (χ1n) is 6.59. The molecule has 1 aliphatic rings. The van der Waals surface area contributed by atoms with Crippen LogP contribution < -0.4 is 10.0 Å². The van der Waals surface area contributed by atoms with Crippen molar-refractivity contribution in [2.45, 2.75) is 43.3 Å². The topological polar surface area (TPSA) is 88.4 Å². The average molecular weight is 340 g/mol. The monoisotopic (exact) mass is 340 g/mol. The van der Waals surface area contributed by atoms with Crippen LogP contribution in [0.2, 0.25) is 0 Å². The molecule has 22 heavy (non-hydrogen) atoms. The second kappa shape index (κ2) is 5.92. The van der Waals surface area contributed by atoms with Crippen molar-refractivity contribution in [2.24, 2.45) is 0 Å². The Labute approximate surface area is 125 Å². The zero-order valence-corrected chi connectivity index (χ0v) is 12.5. The fourth-order valence-electron chi connectivity index (χ4n) is 2.19. The van der Waals surface area contributed by atoms with E-state index >= 15 is 0 Å². The molecule has 2 N–H and O–H groups in total. The lowest BCUT2D eigenvalue weighted by molar-refractivity contribution is -0.155. The standard InChI is InChI=1S/C12H15F3N2O4S/c1-7-6-9(10(21-7)12(13,14)15)22(19,20)17-8-4-2-3-5-16-11(8)18/h6,8,17H,2-5H2,1H3,(H,16,18)/t8-/m1/s1. The Balaban J connectivity index is 2.33. The number of halogens is 3. The molecule has 1 aromatic heterocycles. The Kier molecular flexibility index (Phi) is 4.52. The third kappa shape index (κ3) is 3.61. The van der Waals surface area contributed by atoms with E-state index in [4.69, 9.17) is 0 Å². The van der Waals surface area contributed by atoms with Crippen LogP contribution in [0.1, 0.15) is 30.8 Å². The minimum atomic E-state index is -4.94. The van der Waals surface area contributed by atoms with Crippen LogP contribution in [0.15, 0.2) is 15.4 Å². The number of nitrogens with one attached hydrogen (secondary N) is 2. The molecule has 1 aromatic rings. The number of amides is 1. The Bertz CT molecular complexity index is 666. The summed E-state index contributed by atoms with van der Waals surface area (Å²) in [5, 5.41) is 2.51. The average Bonchev–Trinajstić information content (AvgIpc) is 2.69. The Morgan fingerprint density at radius 1 is 1.36 bits per heavy atom. The van der Waals surface area contributed by atoms with Gasteiger partial charge in [0.05, 0.1) is 0 Å². The molecular weight excluding hydrogens is 325 g/mol. The van der Waals surface area contributed by atoms with E-state index in [1.165, 1.54) is 6.92 Å². The number of hydrogen-bond acceptors (Lipinski definition) is 4. The molecule has 124 valence electrons. The first-order chi connectivity index (χ1) is 10.1. The number of carbonyl (C=O) groups is 1. The lowest BCUT2D eigenvalue weighted by Gasteiger charge is -2.15. The fourth-order valence-corrected chi connectivity index (χ4v) is 3.64. The summed E-state index contributed by atoms with van der Waals surface area (Å²) in [6, 6.07) is -0.302. The summed E-state index contributed by atoms with van der Waals surface area (Å²) < 4.78 is 69.4. The number of sulfonamides is 1. The van der Waals surface area contributed by atoms with Crippen molar-refractivity contribution in [3.05, 3.63) is 17.6 Å². The van der Waals surface area contributed by atoms with E-state index in [-0.39, 0.29) is 12.2 Å². The molecule has 1 atom stereocenters. The highest BCUT2D eigenvalue weighted by molar-refractivity contribution is 7.89. The molecule has 10 heteroatoms. The maximum absolute atomic E-state index is 12.8. The second-order valence-electron chi connectivity index (χ2n) is 5.01. The molecule has 1 saturated heterocycles. The number of alkyl halides is 3. The zero-order chi connectivity index (χ0) is 16.5. The van der Waals surface area contributed by atoms with Gasteiger partial charge >= 0.3 is 6.18 Å². The highest BCUT2D eigenvalue weighted by Crippen LogP contribution is 2.36. The summed E-state index contributed by atoms with van der Waals surface area (Å²) in [5.74, 6) is -2.32. The van der Waals surface area contributed by atoms with Gasteiger partial charge in [-0.05, 0) is 26.2 Å². The van der Waals surface area contributed by atoms with Crippen LogP contribution in [-0.2, 0) is 21.0 Å². The molecule has 0 aromatic carbocycles. The summed E-state index contributed by atoms with van der Waals surface area (Å²) in [4.78, 5) is 10.7. The van der Waals surface area contributed by atoms with Gasteiger partial charge in [0.25, 0.3) is 0 Å². The van der Waals surface area contributed by atoms with Crippen LogP contribution in [0.3, 0.4) is 0 Å². The maximum atomic E-state index is 12.8. The van der Waals surface area contributed by atoms with Gasteiger partial charge in [0.1, 0.15) is 16.7 Å². The number of carbonyl (C=O) groups excluding carboxylic acids is 1. The molecule has 0 saturated carbocycles. The van der Waals surface area contributed by atoms with Crippen LogP contribution >= 0.6 is 0 Å². The molecule has 0 radical (unpaired) electrons. The van der Waals surface area contributed by atoms with Crippen LogP contribution in [0.4, 0.5) is 13.2 Å². The molecule has 2 heterocycles. The molecule has 1 amide bonds. The van der Waals surface area contributed by atoms with Crippen LogP contribution in [0.25, 0.3) is 0 Å². The van der Waals surface area contributed by atoms with Gasteiger partial charge in [0.2, 0.25) is 21.7 Å². The van der Waals surface area contributed by atoms with Crippen molar-refractivity contribution in [3.8, 4) is 0 Å². The number of aryl methyl sites for hydroxylation is 1. The van der Waals surface area contributed by atoms with Gasteiger partial charge in [-0.15, -0.1) is 0 Å². The van der Waals surface area contributed by atoms with Gasteiger partial charge in [-0.3, -0.25) is 4.79 Å². The molecule has 2 rings (SSSR count). The number of furan rings is 1. The summed E-state index contributed by atoms with van der Waals surface area (Å²) in [5.41, 5.74) is 0. The van der Waals surface area contributed by atoms with Crippen LogP contribution in [0.5, 0.6) is 0 Å². The SMILES string of the molecule is Cc1cc(S(=O)(=O)N[C@@H]2CCCCNC2=O)c(C(F)(F)F)o1. The van der Waals surface area contributed by atoms with Crippen LogP contribution in [-0.4, -0.2) is 26.9 Å². The summed E-state index contributed by atoms with van der Waals surface area (Å²) >= 11 is 0. The zero-order valence-electron chi connectivity index (χ0n) is 11.7. The molecular formula is C12H15F3N2O4S. The van der Waals surface area contributed by atoms with E-state index in [1.54, 1.807) is 0 Å². The predicted octanol–water partition coefficient (Wildman–Crippen LogP) is 1.55. The largest absolute Gasteiger partial charge is 0.455 e. The van der Waals surface area contributed by atoms with Crippen molar-refractivity contribution in [1.82, 2.24) is 10.0 Å². The maximum Gasteiger partial charge on any atom is 0.450 e. The number of rotatable bonds is 3. The predicted molar refractivity (Wildman–Crippen MR) is 69.4 cm³/mol. The van der Waals surface area contributed by atoms with E-state index in [9.17, 15) is 26.4 Å². The van der Waals surface area contributed by atoms with Crippen molar-refractivity contribution >= 4 is 15.9 Å². The first kappa shape index (κ1) is 16.8. The highest BCUT2D eigenvalue weighted by atomic mass is 32.2. The molecule has 0 bridgehead atoms. The van der Waals surface area contributed by atoms with Gasteiger partial charge < -0.3 is 9.73 Å². The minimum Gasteiger partial charge on any atom is -0.455 e. The summed E-state index contributed by atoms with van der Waals surface area (Å²) in [6.07, 6.45) is -3.45. The highest BCUT2D eigenvalue weighted by Gasteiger charge is 2.42. The lowest BCUT2D eigenvalue weighted by atomic mass is 10.1. The second-order valence-corrected chi connectivity index (χ2v) is 6.69. The third-order valence-electron chi connectivity index (χ3n) is 3.20. The van der Waals surface area contributed by atoms with Crippen molar-refractivity contribution in [1.29, 1.82) is 0 Å². The van der Waals surface area contributed by atoms with Gasteiger partial charge in [-0.1, -0.05) is 0 Å². The minimum absolute atomic E-state index is 0.182. The lowest BCUT2D eigenvalue weighted by Crippen LogP contribution is -2.45. The molecule has 6 nitrogen and oxygen atoms in total. The van der Waals surface area contributed by atoms with Crippen molar-refractivity contribution < 1.29 is 30.8 Å². The van der Waals surface area contributed by atoms with Gasteiger partial charge in [0.15, 0.2) is 0 Å². The Morgan fingerprint density at radius 2 is 2.05 bits per heavy atom. The van der Waals surface area contributed by atoms with E-state index < -0.39 is 38.8 Å². The summed E-state index contributed by atoms with van der Waals surface area (Å²) in [6.45, 7) is 1.63. The summed E-state index contributed by atoms with van der Waals surface area (Å²) in [7, 11) is -4.53. The van der Waals surface area contributed by atoms with E-state index in [1.807, 2.05) is 4.72 Å². The molecule has 1 fully saturated rings. The van der Waals surface area contributed by atoms with Crippen molar-refractivity contribution in [2.75, 3.05) is 6.54 Å². The van der Waals surface area contributed by atoms with Crippen molar-refractivity contribution in [3.63, 3.8) is 0 Å². The van der Waals surface area contributed by atoms with Crippen LogP contribution in [0, 0.1) is 6.92 Å². The van der Waals surface area contributed by atoms with Gasteiger partial charge in [0, 0.05) is 12.6 Å². The molecule has 0 aliphatic carbocycles. The smallest absolute Gasteiger partial charge is 0.450 e. The van der Waals surface area contributed by atoms with E-state index in [2.05, 4.69) is 9.73 Å². The number of hydrogen-bond donors (Lipinski definition) is 2. The Morgan fingerprint density at radius 3 is 2.68 bits per heavy atom. The molecule has 0 spiro atoms. The van der Waals surface area contributed by atoms with E-state index in [0.717, 1.165) is 6.07 Å². The quantitative estimate of drug-likeness (QED) is 0.874. The third-order valence-corrected chi connectivity index (χ3v) is 4.68. The molecule has 0 unspecified atom stereocenters. The fraction of sp³-hybridized carbons (Fsp3) is 0.583. The van der Waals surface area contributed by atoms with Gasteiger partial charge in [-0.2, -0.15) is 17.9 Å². The van der Waals surface area contributed by atoms with E-state index in [0.29, 0.717) is 19.4 Å².